The molecule has 0 fully saturated rings. The van der Waals surface area contributed by atoms with Gasteiger partial charge in [0.25, 0.3) is 0 Å². The van der Waals surface area contributed by atoms with Gasteiger partial charge in [0, 0.05) is 6.42 Å². The Hall–Kier alpha value is -2.82. The minimum Gasteiger partial charge on any atom is -0.507 e. The fraction of sp³-hybridized carbons (Fsp3) is 0.417. The van der Waals surface area contributed by atoms with Gasteiger partial charge in [-0.2, -0.15) is 5.10 Å². The van der Waals surface area contributed by atoms with Crippen molar-refractivity contribution in [1.29, 1.82) is 0 Å². The Balaban J connectivity index is 2.13. The van der Waals surface area contributed by atoms with Crippen LogP contribution in [0.4, 0.5) is 4.79 Å². The Kier molecular flexibility index (Phi) is 5.20. The van der Waals surface area contributed by atoms with E-state index in [1.165, 1.54) is 5.01 Å². The van der Waals surface area contributed by atoms with Crippen molar-refractivity contribution in [2.24, 2.45) is 10.8 Å². The third-order valence-electron chi connectivity index (χ3n) is 5.38. The number of rotatable bonds is 2. The van der Waals surface area contributed by atoms with Crippen molar-refractivity contribution >= 4 is 11.7 Å². The van der Waals surface area contributed by atoms with Crippen molar-refractivity contribution in [3.05, 3.63) is 64.7 Å². The number of amides is 2. The van der Waals surface area contributed by atoms with Gasteiger partial charge >= 0.3 is 6.03 Å². The van der Waals surface area contributed by atoms with E-state index >= 15 is 0 Å². The van der Waals surface area contributed by atoms with Gasteiger partial charge in [0.1, 0.15) is 5.75 Å². The van der Waals surface area contributed by atoms with E-state index in [4.69, 9.17) is 5.73 Å². The van der Waals surface area contributed by atoms with Crippen molar-refractivity contribution in [1.82, 2.24) is 5.01 Å². The number of hydrogen-bond acceptors (Lipinski definition) is 3. The average Bonchev–Trinajstić information content (AvgIpc) is 3.06. The number of hydrogen-bond donors (Lipinski definition) is 2. The molecule has 2 aromatic rings. The van der Waals surface area contributed by atoms with Gasteiger partial charge in [-0.15, -0.1) is 0 Å². The van der Waals surface area contributed by atoms with Gasteiger partial charge < -0.3 is 10.8 Å². The van der Waals surface area contributed by atoms with Crippen LogP contribution in [-0.2, 0) is 10.8 Å². The monoisotopic (exact) mass is 393 g/mol. The van der Waals surface area contributed by atoms with Crippen molar-refractivity contribution in [3.63, 3.8) is 0 Å². The molecular weight excluding hydrogens is 362 g/mol. The maximum absolute atomic E-state index is 12.2. The van der Waals surface area contributed by atoms with Crippen molar-refractivity contribution < 1.29 is 9.90 Å². The van der Waals surface area contributed by atoms with E-state index in [2.05, 4.69) is 46.6 Å². The molecular formula is C24H31N3O2. The maximum Gasteiger partial charge on any atom is 0.335 e. The van der Waals surface area contributed by atoms with E-state index in [-0.39, 0.29) is 16.9 Å². The highest BCUT2D eigenvalue weighted by Crippen LogP contribution is 2.43. The summed E-state index contributed by atoms with van der Waals surface area (Å²) in [6.45, 7) is 12.4. The molecule has 1 atom stereocenters. The highest BCUT2D eigenvalue weighted by Gasteiger charge is 2.35. The molecule has 3 rings (SSSR count). The number of phenolic OH excluding ortho intramolecular Hbond substituents is 1. The minimum atomic E-state index is -0.580. The Morgan fingerprint density at radius 2 is 1.55 bits per heavy atom. The van der Waals surface area contributed by atoms with Crippen LogP contribution in [0.3, 0.4) is 0 Å². The molecule has 0 saturated carbocycles. The molecule has 2 aromatic carbocycles. The Morgan fingerprint density at radius 1 is 1.03 bits per heavy atom. The fourth-order valence-corrected chi connectivity index (χ4v) is 3.77. The normalized spacial score (nSPS) is 17.4. The zero-order valence-corrected chi connectivity index (χ0v) is 18.2. The first-order valence-electron chi connectivity index (χ1n) is 9.99. The molecule has 0 bridgehead atoms. The summed E-state index contributed by atoms with van der Waals surface area (Å²) >= 11 is 0. The topological polar surface area (TPSA) is 78.9 Å². The second-order valence-electron chi connectivity index (χ2n) is 9.78. The zero-order valence-electron chi connectivity index (χ0n) is 18.2. The lowest BCUT2D eigenvalue weighted by Gasteiger charge is -2.30. The first-order valence-corrected chi connectivity index (χ1v) is 9.99. The average molecular weight is 394 g/mol. The summed E-state index contributed by atoms with van der Waals surface area (Å²) in [5, 5.41) is 16.9. The van der Waals surface area contributed by atoms with E-state index in [1.54, 1.807) is 0 Å². The first-order chi connectivity index (χ1) is 13.4. The summed E-state index contributed by atoms with van der Waals surface area (Å²) < 4.78 is 0. The zero-order chi connectivity index (χ0) is 21.6. The summed E-state index contributed by atoms with van der Waals surface area (Å²) in [4.78, 5) is 12.2. The van der Waals surface area contributed by atoms with Crippen LogP contribution in [0, 0.1) is 0 Å². The number of aromatic hydroxyl groups is 1. The van der Waals surface area contributed by atoms with Crippen LogP contribution in [0.5, 0.6) is 5.75 Å². The molecule has 0 spiro atoms. The maximum atomic E-state index is 12.2. The number of phenols is 1. The lowest BCUT2D eigenvalue weighted by atomic mass is 9.77. The number of hydrazone groups is 1. The molecule has 0 radical (unpaired) electrons. The predicted octanol–water partition coefficient (Wildman–Crippen LogP) is 5.22. The van der Waals surface area contributed by atoms with Gasteiger partial charge in [0.2, 0.25) is 0 Å². The number of nitrogens with zero attached hydrogens (tertiary/aromatic N) is 2. The molecule has 1 aliphatic rings. The van der Waals surface area contributed by atoms with E-state index in [9.17, 15) is 9.90 Å². The van der Waals surface area contributed by atoms with E-state index in [0.717, 1.165) is 28.0 Å². The fourth-order valence-electron chi connectivity index (χ4n) is 3.77. The van der Waals surface area contributed by atoms with Crippen LogP contribution in [-0.4, -0.2) is 21.9 Å². The van der Waals surface area contributed by atoms with Gasteiger partial charge in [-0.1, -0.05) is 71.9 Å². The summed E-state index contributed by atoms with van der Waals surface area (Å²) in [6.07, 6.45) is 0.574. The van der Waals surface area contributed by atoms with Gasteiger partial charge in [0.05, 0.1) is 11.8 Å². The number of urea groups is 1. The van der Waals surface area contributed by atoms with Crippen molar-refractivity contribution in [2.45, 2.75) is 64.8 Å². The van der Waals surface area contributed by atoms with Gasteiger partial charge in [-0.25, -0.2) is 9.80 Å². The minimum absolute atomic E-state index is 0.251. The Morgan fingerprint density at radius 3 is 2.00 bits per heavy atom. The van der Waals surface area contributed by atoms with Crippen molar-refractivity contribution in [2.75, 3.05) is 0 Å². The largest absolute Gasteiger partial charge is 0.507 e. The SMILES string of the molecule is CC(C)(C)c1cc([C@H]2CC(c3ccccc3)=NN2C(N)=O)cc(C(C)(C)C)c1O. The van der Waals surface area contributed by atoms with E-state index < -0.39 is 6.03 Å². The molecule has 1 heterocycles. The van der Waals surface area contributed by atoms with Crippen LogP contribution >= 0.6 is 0 Å². The summed E-state index contributed by atoms with van der Waals surface area (Å²) in [7, 11) is 0. The third kappa shape index (κ3) is 4.14. The second kappa shape index (κ2) is 7.21. The van der Waals surface area contributed by atoms with Crippen LogP contribution in [0.15, 0.2) is 47.6 Å². The van der Waals surface area contributed by atoms with Crippen LogP contribution < -0.4 is 5.73 Å². The molecule has 5 heteroatoms. The van der Waals surface area contributed by atoms with Gasteiger partial charge in [-0.05, 0) is 45.2 Å². The lowest BCUT2D eigenvalue weighted by molar-refractivity contribution is 0.196. The molecule has 0 aromatic heterocycles. The Labute approximate surface area is 173 Å². The molecule has 3 N–H and O–H groups in total. The number of nitrogens with two attached hydrogens (primary N) is 1. The molecule has 0 saturated heterocycles. The third-order valence-corrected chi connectivity index (χ3v) is 5.38. The van der Waals surface area contributed by atoms with Gasteiger partial charge in [0.15, 0.2) is 0 Å². The quantitative estimate of drug-likeness (QED) is 0.734. The molecule has 2 amide bonds. The van der Waals surface area contributed by atoms with Crippen LogP contribution in [0.2, 0.25) is 0 Å². The molecule has 1 aliphatic heterocycles. The van der Waals surface area contributed by atoms with Crippen LogP contribution in [0.1, 0.15) is 76.3 Å². The highest BCUT2D eigenvalue weighted by atomic mass is 16.3. The molecule has 154 valence electrons. The number of primary amides is 1. The summed E-state index contributed by atoms with van der Waals surface area (Å²) in [5.41, 5.74) is 9.64. The number of benzene rings is 2. The van der Waals surface area contributed by atoms with Crippen molar-refractivity contribution in [3.8, 4) is 5.75 Å². The molecule has 29 heavy (non-hydrogen) atoms. The summed E-state index contributed by atoms with van der Waals surface area (Å²) in [5.74, 6) is 0.321. The second-order valence-corrected chi connectivity index (χ2v) is 9.78. The van der Waals surface area contributed by atoms with Crippen LogP contribution in [0.25, 0.3) is 0 Å². The molecule has 0 unspecified atom stereocenters. The lowest BCUT2D eigenvalue weighted by Crippen LogP contribution is -2.32. The van der Waals surface area contributed by atoms with E-state index in [1.807, 2.05) is 42.5 Å². The molecule has 5 nitrogen and oxygen atoms in total. The standard InChI is InChI=1S/C24H31N3O2/c1-23(2,3)17-12-16(13-18(21(17)28)24(4,5)6)20-14-19(26-27(20)22(25)29)15-10-8-7-9-11-15/h7-13,20,28H,14H2,1-6H3,(H2,25,29)/t20-/m1/s1. The van der Waals surface area contributed by atoms with Gasteiger partial charge in [-0.3, -0.25) is 0 Å². The smallest absolute Gasteiger partial charge is 0.335 e. The summed E-state index contributed by atoms with van der Waals surface area (Å²) in [6, 6.07) is 12.9. The first kappa shape index (κ1) is 20.9. The molecule has 0 aliphatic carbocycles. The number of carbonyl (C=O) groups is 1. The van der Waals surface area contributed by atoms with E-state index in [0.29, 0.717) is 12.2 Å². The predicted molar refractivity (Wildman–Crippen MR) is 117 cm³/mol. The number of carbonyl (C=O) groups excluding carboxylic acids is 1. The Bertz CT molecular complexity index is 915. The highest BCUT2D eigenvalue weighted by molar-refractivity contribution is 6.03.